The Labute approximate surface area is 99.9 Å². The highest BCUT2D eigenvalue weighted by Crippen LogP contribution is 2.15. The summed E-state index contributed by atoms with van der Waals surface area (Å²) in [5.41, 5.74) is 1.28. The number of hydrogen-bond acceptors (Lipinski definition) is 3. The highest BCUT2D eigenvalue weighted by Gasteiger charge is 2.04. The molecule has 1 rings (SSSR count). The van der Waals surface area contributed by atoms with E-state index in [9.17, 15) is 9.59 Å². The molecule has 0 bridgehead atoms. The zero-order chi connectivity index (χ0) is 12.0. The quantitative estimate of drug-likeness (QED) is 0.826. The van der Waals surface area contributed by atoms with Crippen LogP contribution in [0.25, 0.3) is 0 Å². The Hall–Kier alpha value is -1.16. The monoisotopic (exact) mass is 239 g/mol. The Kier molecular flexibility index (Phi) is 5.19. The van der Waals surface area contributed by atoms with Gasteiger partial charge in [-0.15, -0.1) is 11.3 Å². The molecule has 88 valence electrons. The van der Waals surface area contributed by atoms with Crippen molar-refractivity contribution in [3.63, 3.8) is 0 Å². The molecule has 1 heterocycles. The number of rotatable bonds is 6. The van der Waals surface area contributed by atoms with Gasteiger partial charge in [-0.1, -0.05) is 0 Å². The predicted molar refractivity (Wildman–Crippen MR) is 65.7 cm³/mol. The normalized spacial score (nSPS) is 10.1. The number of Topliss-reactive ketones (excluding diaryl/α,β-unsaturated/α-hetero) is 1. The molecular weight excluding hydrogens is 222 g/mol. The smallest absolute Gasteiger partial charge is 0.220 e. The molecule has 0 aliphatic rings. The molecule has 0 aliphatic heterocycles. The molecule has 0 fully saturated rings. The van der Waals surface area contributed by atoms with E-state index in [-0.39, 0.29) is 11.7 Å². The molecule has 0 saturated heterocycles. The van der Waals surface area contributed by atoms with Crippen molar-refractivity contribution in [1.29, 1.82) is 0 Å². The van der Waals surface area contributed by atoms with E-state index in [1.165, 1.54) is 17.4 Å². The molecule has 0 atom stereocenters. The number of aryl methyl sites for hydroxylation is 1. The summed E-state index contributed by atoms with van der Waals surface area (Å²) in [7, 11) is 0. The van der Waals surface area contributed by atoms with Crippen molar-refractivity contribution < 1.29 is 9.59 Å². The summed E-state index contributed by atoms with van der Waals surface area (Å²) >= 11 is 1.71. The van der Waals surface area contributed by atoms with E-state index >= 15 is 0 Å². The first-order valence-corrected chi connectivity index (χ1v) is 6.26. The minimum atomic E-state index is -0.0376. The first kappa shape index (κ1) is 12.9. The van der Waals surface area contributed by atoms with Gasteiger partial charge in [0.2, 0.25) is 5.91 Å². The van der Waals surface area contributed by atoms with E-state index in [0.29, 0.717) is 19.4 Å². The maximum Gasteiger partial charge on any atom is 0.220 e. The first-order valence-electron chi connectivity index (χ1n) is 5.38. The van der Waals surface area contributed by atoms with Gasteiger partial charge >= 0.3 is 0 Å². The van der Waals surface area contributed by atoms with Crippen molar-refractivity contribution in [1.82, 2.24) is 5.32 Å². The molecule has 3 nitrogen and oxygen atoms in total. The average Bonchev–Trinajstić information content (AvgIpc) is 2.61. The van der Waals surface area contributed by atoms with Crippen LogP contribution in [0.2, 0.25) is 0 Å². The molecule has 0 saturated carbocycles. The van der Waals surface area contributed by atoms with Crippen LogP contribution in [0.15, 0.2) is 11.4 Å². The lowest BCUT2D eigenvalue weighted by atomic mass is 10.2. The van der Waals surface area contributed by atoms with Gasteiger partial charge in [0, 0.05) is 24.3 Å². The van der Waals surface area contributed by atoms with Gasteiger partial charge in [-0.25, -0.2) is 0 Å². The number of nitrogens with one attached hydrogen (secondary N) is 1. The minimum Gasteiger partial charge on any atom is -0.356 e. The molecule has 0 radical (unpaired) electrons. The van der Waals surface area contributed by atoms with Crippen molar-refractivity contribution in [3.8, 4) is 0 Å². The molecule has 0 aromatic carbocycles. The first-order chi connectivity index (χ1) is 7.59. The maximum atomic E-state index is 11.3. The average molecular weight is 239 g/mol. The van der Waals surface area contributed by atoms with Gasteiger partial charge in [0.25, 0.3) is 0 Å². The van der Waals surface area contributed by atoms with Crippen molar-refractivity contribution in [2.75, 3.05) is 6.54 Å². The van der Waals surface area contributed by atoms with Gasteiger partial charge in [0.05, 0.1) is 0 Å². The number of ketones is 1. The Bertz CT molecular complexity index is 371. The van der Waals surface area contributed by atoms with Crippen LogP contribution in [-0.2, 0) is 16.0 Å². The third kappa shape index (κ3) is 4.57. The molecule has 0 unspecified atom stereocenters. The SMILES string of the molecule is CC(=O)CCC(=O)NCCc1sccc1C. The third-order valence-corrected chi connectivity index (χ3v) is 3.43. The fraction of sp³-hybridized carbons (Fsp3) is 0.500. The van der Waals surface area contributed by atoms with Crippen molar-refractivity contribution in [2.24, 2.45) is 0 Å². The van der Waals surface area contributed by atoms with Crippen LogP contribution >= 0.6 is 11.3 Å². The van der Waals surface area contributed by atoms with Gasteiger partial charge in [-0.3, -0.25) is 4.79 Å². The third-order valence-electron chi connectivity index (χ3n) is 2.35. The fourth-order valence-corrected chi connectivity index (χ4v) is 2.26. The van der Waals surface area contributed by atoms with Gasteiger partial charge in [0.1, 0.15) is 5.78 Å². The zero-order valence-corrected chi connectivity index (χ0v) is 10.5. The van der Waals surface area contributed by atoms with Crippen LogP contribution in [0.4, 0.5) is 0 Å². The van der Waals surface area contributed by atoms with Crippen LogP contribution in [0.5, 0.6) is 0 Å². The summed E-state index contributed by atoms with van der Waals surface area (Å²) < 4.78 is 0. The van der Waals surface area contributed by atoms with Crippen LogP contribution in [-0.4, -0.2) is 18.2 Å². The summed E-state index contributed by atoms with van der Waals surface area (Å²) in [5, 5.41) is 4.88. The second-order valence-electron chi connectivity index (χ2n) is 3.83. The largest absolute Gasteiger partial charge is 0.356 e. The summed E-state index contributed by atoms with van der Waals surface area (Å²) in [6.07, 6.45) is 1.51. The molecule has 16 heavy (non-hydrogen) atoms. The van der Waals surface area contributed by atoms with Gasteiger partial charge in [-0.05, 0) is 37.3 Å². The number of carbonyl (C=O) groups is 2. The van der Waals surface area contributed by atoms with E-state index in [1.54, 1.807) is 11.3 Å². The summed E-state index contributed by atoms with van der Waals surface area (Å²) in [5.74, 6) is 0.0219. The molecule has 1 aromatic rings. The van der Waals surface area contributed by atoms with E-state index in [0.717, 1.165) is 6.42 Å². The van der Waals surface area contributed by atoms with E-state index in [4.69, 9.17) is 0 Å². The number of carbonyl (C=O) groups excluding carboxylic acids is 2. The summed E-state index contributed by atoms with van der Waals surface area (Å²) in [4.78, 5) is 23.3. The van der Waals surface area contributed by atoms with Crippen LogP contribution < -0.4 is 5.32 Å². The molecule has 1 N–H and O–H groups in total. The highest BCUT2D eigenvalue weighted by molar-refractivity contribution is 7.10. The van der Waals surface area contributed by atoms with Crippen LogP contribution in [0.1, 0.15) is 30.2 Å². The van der Waals surface area contributed by atoms with E-state index < -0.39 is 0 Å². The lowest BCUT2D eigenvalue weighted by Crippen LogP contribution is -2.25. The Morgan fingerprint density at radius 1 is 1.38 bits per heavy atom. The number of thiophene rings is 1. The number of hydrogen-bond donors (Lipinski definition) is 1. The molecule has 1 amide bonds. The summed E-state index contributed by atoms with van der Waals surface area (Å²) in [6.45, 7) is 4.23. The van der Waals surface area contributed by atoms with Gasteiger partial charge in [0.15, 0.2) is 0 Å². The van der Waals surface area contributed by atoms with Crippen molar-refractivity contribution in [3.05, 3.63) is 21.9 Å². The second-order valence-corrected chi connectivity index (χ2v) is 4.83. The highest BCUT2D eigenvalue weighted by atomic mass is 32.1. The van der Waals surface area contributed by atoms with Crippen molar-refractivity contribution in [2.45, 2.75) is 33.1 Å². The Balaban J connectivity index is 2.18. The topological polar surface area (TPSA) is 46.2 Å². The molecule has 0 spiro atoms. The van der Waals surface area contributed by atoms with Crippen LogP contribution in [0.3, 0.4) is 0 Å². The Morgan fingerprint density at radius 2 is 2.12 bits per heavy atom. The Morgan fingerprint density at radius 3 is 2.69 bits per heavy atom. The molecule has 0 aliphatic carbocycles. The van der Waals surface area contributed by atoms with E-state index in [2.05, 4.69) is 23.7 Å². The zero-order valence-electron chi connectivity index (χ0n) is 9.71. The fourth-order valence-electron chi connectivity index (χ4n) is 1.35. The molecule has 4 heteroatoms. The lowest BCUT2D eigenvalue weighted by Gasteiger charge is -2.03. The lowest BCUT2D eigenvalue weighted by molar-refractivity contribution is -0.124. The standard InChI is InChI=1S/C12H17NO2S/c1-9-6-8-16-11(9)5-7-13-12(15)4-3-10(2)14/h6,8H,3-5,7H2,1-2H3,(H,13,15). The number of amides is 1. The van der Waals surface area contributed by atoms with Gasteiger partial charge < -0.3 is 10.1 Å². The van der Waals surface area contributed by atoms with Gasteiger partial charge in [-0.2, -0.15) is 0 Å². The summed E-state index contributed by atoms with van der Waals surface area (Å²) in [6, 6.07) is 2.08. The van der Waals surface area contributed by atoms with E-state index in [1.807, 2.05) is 0 Å². The molecule has 1 aromatic heterocycles. The van der Waals surface area contributed by atoms with Crippen molar-refractivity contribution >= 4 is 23.0 Å². The van der Waals surface area contributed by atoms with Crippen LogP contribution in [0, 0.1) is 6.92 Å². The molecular formula is C12H17NO2S. The minimum absolute atomic E-state index is 0.0376. The predicted octanol–water partition coefficient (Wildman–Crippen LogP) is 2.08. The maximum absolute atomic E-state index is 11.3. The second kappa shape index (κ2) is 6.43.